The standard InChI is InChI=1S/C15H23BrN2O2S/c1-12(2)10-17-11-13-3-4-14(9-15(13)16)18-5-7-21(19,20)8-6-18/h3-4,9,12,17H,5-8,10-11H2,1-2H3. The van der Waals surface area contributed by atoms with E-state index >= 15 is 0 Å². The summed E-state index contributed by atoms with van der Waals surface area (Å²) in [6, 6.07) is 6.27. The predicted molar refractivity (Wildman–Crippen MR) is 91.6 cm³/mol. The van der Waals surface area contributed by atoms with Gasteiger partial charge < -0.3 is 10.2 Å². The van der Waals surface area contributed by atoms with Crippen LogP contribution in [0.1, 0.15) is 19.4 Å². The highest BCUT2D eigenvalue weighted by molar-refractivity contribution is 9.10. The Morgan fingerprint density at radius 3 is 2.52 bits per heavy atom. The minimum absolute atomic E-state index is 0.252. The summed E-state index contributed by atoms with van der Waals surface area (Å²) in [6.45, 7) is 7.39. The summed E-state index contributed by atoms with van der Waals surface area (Å²) >= 11 is 3.62. The van der Waals surface area contributed by atoms with Crippen LogP contribution in [-0.2, 0) is 16.4 Å². The Balaban J connectivity index is 1.99. The van der Waals surface area contributed by atoms with Gasteiger partial charge in [0.05, 0.1) is 11.5 Å². The maximum absolute atomic E-state index is 11.5. The first-order valence-electron chi connectivity index (χ1n) is 7.32. The molecule has 21 heavy (non-hydrogen) atoms. The van der Waals surface area contributed by atoms with Gasteiger partial charge in [-0.25, -0.2) is 8.42 Å². The summed E-state index contributed by atoms with van der Waals surface area (Å²) in [5.41, 5.74) is 2.31. The number of hydrogen-bond acceptors (Lipinski definition) is 4. The van der Waals surface area contributed by atoms with Gasteiger partial charge in [0.25, 0.3) is 0 Å². The van der Waals surface area contributed by atoms with Crippen molar-refractivity contribution in [3.63, 3.8) is 0 Å². The minimum atomic E-state index is -2.83. The summed E-state index contributed by atoms with van der Waals surface area (Å²) in [6.07, 6.45) is 0. The summed E-state index contributed by atoms with van der Waals surface area (Å²) in [7, 11) is -2.83. The number of benzene rings is 1. The highest BCUT2D eigenvalue weighted by Gasteiger charge is 2.22. The van der Waals surface area contributed by atoms with Crippen LogP contribution in [-0.4, -0.2) is 39.6 Å². The zero-order valence-corrected chi connectivity index (χ0v) is 15.0. The maximum atomic E-state index is 11.5. The number of nitrogens with one attached hydrogen (secondary N) is 1. The quantitative estimate of drug-likeness (QED) is 0.859. The molecule has 1 heterocycles. The Morgan fingerprint density at radius 1 is 1.29 bits per heavy atom. The van der Waals surface area contributed by atoms with E-state index in [1.54, 1.807) is 0 Å². The van der Waals surface area contributed by atoms with Gasteiger partial charge in [-0.1, -0.05) is 35.8 Å². The molecule has 4 nitrogen and oxygen atoms in total. The van der Waals surface area contributed by atoms with Gasteiger partial charge in [-0.15, -0.1) is 0 Å². The van der Waals surface area contributed by atoms with Crippen LogP contribution in [0.3, 0.4) is 0 Å². The zero-order chi connectivity index (χ0) is 15.5. The number of nitrogens with zero attached hydrogens (tertiary/aromatic N) is 1. The molecular weight excluding hydrogens is 352 g/mol. The minimum Gasteiger partial charge on any atom is -0.369 e. The second kappa shape index (κ2) is 7.11. The number of anilines is 1. The van der Waals surface area contributed by atoms with E-state index in [9.17, 15) is 8.42 Å². The molecule has 1 aliphatic rings. The Morgan fingerprint density at radius 2 is 1.95 bits per heavy atom. The molecule has 0 unspecified atom stereocenters. The van der Waals surface area contributed by atoms with Gasteiger partial charge >= 0.3 is 0 Å². The highest BCUT2D eigenvalue weighted by Crippen LogP contribution is 2.25. The monoisotopic (exact) mass is 374 g/mol. The van der Waals surface area contributed by atoms with Crippen molar-refractivity contribution >= 4 is 31.5 Å². The lowest BCUT2D eigenvalue weighted by Crippen LogP contribution is -2.40. The molecule has 0 spiro atoms. The molecule has 0 radical (unpaired) electrons. The van der Waals surface area contributed by atoms with Crippen LogP contribution in [0.15, 0.2) is 22.7 Å². The van der Waals surface area contributed by atoms with Gasteiger partial charge in [0.15, 0.2) is 9.84 Å². The zero-order valence-electron chi connectivity index (χ0n) is 12.6. The smallest absolute Gasteiger partial charge is 0.153 e. The van der Waals surface area contributed by atoms with Crippen molar-refractivity contribution in [2.45, 2.75) is 20.4 Å². The summed E-state index contributed by atoms with van der Waals surface area (Å²) < 4.78 is 24.0. The number of rotatable bonds is 5. The second-order valence-corrected chi connectivity index (χ2v) is 9.10. The number of hydrogen-bond donors (Lipinski definition) is 1. The molecule has 0 atom stereocenters. The van der Waals surface area contributed by atoms with E-state index in [2.05, 4.69) is 58.2 Å². The first-order valence-corrected chi connectivity index (χ1v) is 9.93. The van der Waals surface area contributed by atoms with E-state index in [1.165, 1.54) is 5.56 Å². The van der Waals surface area contributed by atoms with Crippen LogP contribution < -0.4 is 10.2 Å². The van der Waals surface area contributed by atoms with E-state index in [-0.39, 0.29) is 11.5 Å². The van der Waals surface area contributed by atoms with E-state index in [0.717, 1.165) is 23.2 Å². The fourth-order valence-electron chi connectivity index (χ4n) is 2.34. The van der Waals surface area contributed by atoms with Crippen LogP contribution >= 0.6 is 15.9 Å². The maximum Gasteiger partial charge on any atom is 0.153 e. The van der Waals surface area contributed by atoms with E-state index in [1.807, 2.05) is 0 Å². The Hall–Kier alpha value is -0.590. The fourth-order valence-corrected chi connectivity index (χ4v) is 4.05. The Kier molecular flexibility index (Phi) is 5.68. The fraction of sp³-hybridized carbons (Fsp3) is 0.600. The van der Waals surface area contributed by atoms with Crippen LogP contribution in [0, 0.1) is 5.92 Å². The molecule has 0 saturated carbocycles. The van der Waals surface area contributed by atoms with Crippen molar-refractivity contribution in [3.05, 3.63) is 28.2 Å². The van der Waals surface area contributed by atoms with Crippen molar-refractivity contribution in [2.24, 2.45) is 5.92 Å². The van der Waals surface area contributed by atoms with Crippen LogP contribution in [0.25, 0.3) is 0 Å². The molecule has 1 aromatic rings. The molecular formula is C15H23BrN2O2S. The third-order valence-corrected chi connectivity index (χ3v) is 5.96. The Labute approximate surface area is 136 Å². The van der Waals surface area contributed by atoms with Crippen molar-refractivity contribution in [2.75, 3.05) is 36.0 Å². The van der Waals surface area contributed by atoms with Crippen molar-refractivity contribution in [3.8, 4) is 0 Å². The molecule has 1 aliphatic heterocycles. The third-order valence-electron chi connectivity index (χ3n) is 3.61. The normalized spacial score (nSPS) is 18.2. The third kappa shape index (κ3) is 4.97. The van der Waals surface area contributed by atoms with E-state index in [0.29, 0.717) is 19.0 Å². The lowest BCUT2D eigenvalue weighted by molar-refractivity contribution is 0.552. The molecule has 2 rings (SSSR count). The van der Waals surface area contributed by atoms with Gasteiger partial charge in [0, 0.05) is 29.8 Å². The average molecular weight is 375 g/mol. The average Bonchev–Trinajstić information content (AvgIpc) is 2.40. The molecule has 0 bridgehead atoms. The largest absolute Gasteiger partial charge is 0.369 e. The van der Waals surface area contributed by atoms with Crippen molar-refractivity contribution in [1.82, 2.24) is 5.32 Å². The first kappa shape index (κ1) is 16.8. The summed E-state index contributed by atoms with van der Waals surface area (Å²) in [5.74, 6) is 1.14. The van der Waals surface area contributed by atoms with Gasteiger partial charge in [-0.05, 0) is 30.2 Å². The number of halogens is 1. The molecule has 6 heteroatoms. The SMILES string of the molecule is CC(C)CNCc1ccc(N2CCS(=O)(=O)CC2)cc1Br. The van der Waals surface area contributed by atoms with Gasteiger partial charge in [0.2, 0.25) is 0 Å². The molecule has 0 aliphatic carbocycles. The van der Waals surface area contributed by atoms with E-state index < -0.39 is 9.84 Å². The highest BCUT2D eigenvalue weighted by atomic mass is 79.9. The van der Waals surface area contributed by atoms with Crippen LogP contribution in [0.5, 0.6) is 0 Å². The number of sulfone groups is 1. The molecule has 118 valence electrons. The summed E-state index contributed by atoms with van der Waals surface area (Å²) in [4.78, 5) is 2.14. The lowest BCUT2D eigenvalue weighted by atomic mass is 10.1. The molecule has 1 N–H and O–H groups in total. The van der Waals surface area contributed by atoms with Crippen molar-refractivity contribution < 1.29 is 8.42 Å². The predicted octanol–water partition coefficient (Wildman–Crippen LogP) is 2.43. The van der Waals surface area contributed by atoms with Gasteiger partial charge in [-0.3, -0.25) is 0 Å². The molecule has 1 fully saturated rings. The topological polar surface area (TPSA) is 49.4 Å². The first-order chi connectivity index (χ1) is 9.87. The molecule has 0 aromatic heterocycles. The summed E-state index contributed by atoms with van der Waals surface area (Å²) in [5, 5.41) is 3.43. The van der Waals surface area contributed by atoms with Gasteiger partial charge in [-0.2, -0.15) is 0 Å². The van der Waals surface area contributed by atoms with Crippen LogP contribution in [0.4, 0.5) is 5.69 Å². The van der Waals surface area contributed by atoms with Gasteiger partial charge in [0.1, 0.15) is 0 Å². The molecule has 0 amide bonds. The molecule has 1 aromatic carbocycles. The van der Waals surface area contributed by atoms with Crippen molar-refractivity contribution in [1.29, 1.82) is 0 Å². The molecule has 1 saturated heterocycles. The van der Waals surface area contributed by atoms with E-state index in [4.69, 9.17) is 0 Å². The van der Waals surface area contributed by atoms with Crippen LogP contribution in [0.2, 0.25) is 0 Å². The lowest BCUT2D eigenvalue weighted by Gasteiger charge is -2.29. The Bertz CT molecular complexity index is 573. The second-order valence-electron chi connectivity index (χ2n) is 5.94.